The van der Waals surface area contributed by atoms with Crippen molar-refractivity contribution < 1.29 is 19.4 Å². The molecular formula is C17H18ClNO4. The van der Waals surface area contributed by atoms with Gasteiger partial charge in [-0.2, -0.15) is 0 Å². The number of nitrogens with two attached hydrogens (primary N) is 1. The van der Waals surface area contributed by atoms with E-state index in [0.717, 1.165) is 5.56 Å². The zero-order chi connectivity index (χ0) is 16.8. The Morgan fingerprint density at radius 1 is 1.26 bits per heavy atom. The Bertz CT molecular complexity index is 663. The van der Waals surface area contributed by atoms with Gasteiger partial charge in [0.05, 0.1) is 12.1 Å². The fraction of sp³-hybridized carbons (Fsp3) is 0.235. The standard InChI is InChI=1S/C17H18ClNO4/c1-22-17(21)15(19)16(20)12-7-8-14(13(18)9-12)23-10-11-5-3-2-4-6-11/h2-9,15-16,20H,10,19H2,1H3/t15-,16-/m0/s1. The van der Waals surface area contributed by atoms with Gasteiger partial charge in [0.15, 0.2) is 0 Å². The number of benzene rings is 2. The maximum Gasteiger partial charge on any atom is 0.325 e. The predicted octanol–water partition coefficient (Wildman–Crippen LogP) is 2.45. The van der Waals surface area contributed by atoms with E-state index in [2.05, 4.69) is 4.74 Å². The fourth-order valence-electron chi connectivity index (χ4n) is 2.03. The first-order chi connectivity index (χ1) is 11.0. The molecule has 6 heteroatoms. The van der Waals surface area contributed by atoms with Gasteiger partial charge in [0.2, 0.25) is 0 Å². The SMILES string of the molecule is COC(=O)[C@@H](N)[C@@H](O)c1ccc(OCc2ccccc2)c(Cl)c1. The summed E-state index contributed by atoms with van der Waals surface area (Å²) in [7, 11) is 1.21. The molecule has 2 rings (SSSR count). The van der Waals surface area contributed by atoms with Crippen LogP contribution in [0.1, 0.15) is 17.2 Å². The van der Waals surface area contributed by atoms with E-state index in [4.69, 9.17) is 22.1 Å². The molecule has 3 N–H and O–H groups in total. The molecule has 0 fully saturated rings. The van der Waals surface area contributed by atoms with Gasteiger partial charge in [-0.1, -0.05) is 48.0 Å². The first-order valence-electron chi connectivity index (χ1n) is 7.00. The molecule has 0 bridgehead atoms. The van der Waals surface area contributed by atoms with E-state index in [0.29, 0.717) is 22.9 Å². The number of carbonyl (C=O) groups excluding carboxylic acids is 1. The van der Waals surface area contributed by atoms with Crippen molar-refractivity contribution in [3.8, 4) is 5.75 Å². The summed E-state index contributed by atoms with van der Waals surface area (Å²) in [5.74, 6) is -0.212. The predicted molar refractivity (Wildman–Crippen MR) is 87.2 cm³/mol. The molecule has 0 aliphatic heterocycles. The molecule has 2 atom stereocenters. The Morgan fingerprint density at radius 2 is 1.96 bits per heavy atom. The zero-order valence-electron chi connectivity index (χ0n) is 12.6. The third-order valence-corrected chi connectivity index (χ3v) is 3.64. The third kappa shape index (κ3) is 4.45. The topological polar surface area (TPSA) is 81.8 Å². The Hall–Kier alpha value is -2.08. The number of carbonyl (C=O) groups is 1. The molecule has 5 nitrogen and oxygen atoms in total. The molecule has 0 saturated carbocycles. The van der Waals surface area contributed by atoms with Crippen molar-refractivity contribution >= 4 is 17.6 Å². The van der Waals surface area contributed by atoms with Crippen LogP contribution in [0.25, 0.3) is 0 Å². The van der Waals surface area contributed by atoms with Gasteiger partial charge in [0, 0.05) is 0 Å². The largest absolute Gasteiger partial charge is 0.487 e. The van der Waals surface area contributed by atoms with E-state index in [1.54, 1.807) is 12.1 Å². The highest BCUT2D eigenvalue weighted by molar-refractivity contribution is 6.32. The van der Waals surface area contributed by atoms with E-state index >= 15 is 0 Å². The van der Waals surface area contributed by atoms with Crippen LogP contribution in [0.4, 0.5) is 0 Å². The molecule has 0 spiro atoms. The molecule has 0 heterocycles. The molecule has 0 aromatic heterocycles. The summed E-state index contributed by atoms with van der Waals surface area (Å²) in [6.07, 6.45) is -1.21. The maximum atomic E-state index is 11.4. The van der Waals surface area contributed by atoms with Gasteiger partial charge in [0.25, 0.3) is 0 Å². The Balaban J connectivity index is 2.07. The van der Waals surface area contributed by atoms with E-state index in [9.17, 15) is 9.90 Å². The zero-order valence-corrected chi connectivity index (χ0v) is 13.4. The summed E-state index contributed by atoms with van der Waals surface area (Å²) >= 11 is 6.16. The van der Waals surface area contributed by atoms with Crippen molar-refractivity contribution in [3.05, 3.63) is 64.7 Å². The van der Waals surface area contributed by atoms with Crippen LogP contribution in [0.5, 0.6) is 5.75 Å². The summed E-state index contributed by atoms with van der Waals surface area (Å²) in [5, 5.41) is 10.4. The minimum Gasteiger partial charge on any atom is -0.487 e. The van der Waals surface area contributed by atoms with Gasteiger partial charge in [-0.05, 0) is 23.3 Å². The number of rotatable bonds is 6. The number of halogens is 1. The van der Waals surface area contributed by atoms with Gasteiger partial charge < -0.3 is 20.3 Å². The molecule has 0 saturated heterocycles. The quantitative estimate of drug-likeness (QED) is 0.792. The Kier molecular flexibility index (Phi) is 5.98. The first kappa shape index (κ1) is 17.3. The Labute approximate surface area is 139 Å². The molecule has 0 radical (unpaired) electrons. The summed E-state index contributed by atoms with van der Waals surface area (Å²) in [4.78, 5) is 11.4. The van der Waals surface area contributed by atoms with Crippen molar-refractivity contribution in [2.75, 3.05) is 7.11 Å². The highest BCUT2D eigenvalue weighted by Crippen LogP contribution is 2.29. The second-order valence-electron chi connectivity index (χ2n) is 4.96. The first-order valence-corrected chi connectivity index (χ1v) is 7.38. The number of hydrogen-bond acceptors (Lipinski definition) is 5. The van der Waals surface area contributed by atoms with Gasteiger partial charge >= 0.3 is 5.97 Å². The molecule has 23 heavy (non-hydrogen) atoms. The molecule has 2 aromatic carbocycles. The summed E-state index contributed by atoms with van der Waals surface area (Å²) in [6.45, 7) is 0.379. The van der Waals surface area contributed by atoms with E-state index in [1.165, 1.54) is 13.2 Å². The van der Waals surface area contributed by atoms with Gasteiger partial charge in [0.1, 0.15) is 24.5 Å². The van der Waals surface area contributed by atoms with Crippen LogP contribution in [-0.2, 0) is 16.1 Å². The van der Waals surface area contributed by atoms with Crippen LogP contribution < -0.4 is 10.5 Å². The number of aliphatic hydroxyl groups is 1. The van der Waals surface area contributed by atoms with Crippen LogP contribution in [0, 0.1) is 0 Å². The second kappa shape index (κ2) is 7.97. The molecule has 122 valence electrons. The van der Waals surface area contributed by atoms with Crippen molar-refractivity contribution in [2.24, 2.45) is 5.73 Å². The summed E-state index contributed by atoms with van der Waals surface area (Å²) in [6, 6.07) is 13.3. The van der Waals surface area contributed by atoms with Crippen LogP contribution in [-0.4, -0.2) is 24.2 Å². The summed E-state index contributed by atoms with van der Waals surface area (Å²) < 4.78 is 10.2. The average molecular weight is 336 g/mol. The minimum absolute atomic E-state index is 0.328. The highest BCUT2D eigenvalue weighted by Gasteiger charge is 2.25. The lowest BCUT2D eigenvalue weighted by Crippen LogP contribution is -2.37. The van der Waals surface area contributed by atoms with Crippen molar-refractivity contribution in [1.82, 2.24) is 0 Å². The van der Waals surface area contributed by atoms with Crippen LogP contribution in [0.15, 0.2) is 48.5 Å². The lowest BCUT2D eigenvalue weighted by atomic mass is 10.0. The summed E-state index contributed by atoms with van der Waals surface area (Å²) in [5.41, 5.74) is 7.06. The van der Waals surface area contributed by atoms with E-state index in [1.807, 2.05) is 30.3 Å². The normalized spacial score (nSPS) is 13.2. The van der Waals surface area contributed by atoms with Crippen molar-refractivity contribution in [3.63, 3.8) is 0 Å². The third-order valence-electron chi connectivity index (χ3n) is 3.35. The lowest BCUT2D eigenvalue weighted by Gasteiger charge is -2.18. The number of methoxy groups -OCH3 is 1. The van der Waals surface area contributed by atoms with E-state index in [-0.39, 0.29) is 0 Å². The molecular weight excluding hydrogens is 318 g/mol. The lowest BCUT2D eigenvalue weighted by molar-refractivity contribution is -0.145. The highest BCUT2D eigenvalue weighted by atomic mass is 35.5. The van der Waals surface area contributed by atoms with Crippen LogP contribution in [0.2, 0.25) is 5.02 Å². The van der Waals surface area contributed by atoms with E-state index < -0.39 is 18.1 Å². The number of aliphatic hydroxyl groups excluding tert-OH is 1. The van der Waals surface area contributed by atoms with Crippen LogP contribution in [0.3, 0.4) is 0 Å². The van der Waals surface area contributed by atoms with Crippen molar-refractivity contribution in [1.29, 1.82) is 0 Å². The van der Waals surface area contributed by atoms with Crippen molar-refractivity contribution in [2.45, 2.75) is 18.8 Å². The Morgan fingerprint density at radius 3 is 2.57 bits per heavy atom. The van der Waals surface area contributed by atoms with Gasteiger partial charge in [-0.25, -0.2) is 0 Å². The monoisotopic (exact) mass is 335 g/mol. The fourth-order valence-corrected chi connectivity index (χ4v) is 2.27. The molecule has 0 aliphatic rings. The average Bonchev–Trinajstić information content (AvgIpc) is 2.59. The van der Waals surface area contributed by atoms with Gasteiger partial charge in [-0.3, -0.25) is 4.79 Å². The molecule has 2 aromatic rings. The maximum absolute atomic E-state index is 11.4. The van der Waals surface area contributed by atoms with Crippen LogP contribution >= 0.6 is 11.6 Å². The number of esters is 1. The van der Waals surface area contributed by atoms with Gasteiger partial charge in [-0.15, -0.1) is 0 Å². The number of hydrogen-bond donors (Lipinski definition) is 2. The molecule has 0 unspecified atom stereocenters. The smallest absolute Gasteiger partial charge is 0.325 e. The molecule has 0 amide bonds. The minimum atomic E-state index is -1.21. The molecule has 0 aliphatic carbocycles. The second-order valence-corrected chi connectivity index (χ2v) is 5.37. The number of ether oxygens (including phenoxy) is 2.